The number of thiophene rings is 1. The topological polar surface area (TPSA) is 82.0 Å². The molecule has 4 aromatic rings. The molecule has 1 aliphatic heterocycles. The molecule has 4 heterocycles. The zero-order valence-electron chi connectivity index (χ0n) is 15.2. The fourth-order valence-corrected chi connectivity index (χ4v) is 4.01. The smallest absolute Gasteiger partial charge is 0.231 e. The second-order valence-corrected chi connectivity index (χ2v) is 7.66. The number of nitrogens with zero attached hydrogens (tertiary/aromatic N) is 4. The number of ether oxygens (including phenoxy) is 2. The fourth-order valence-electron chi connectivity index (χ4n) is 3.13. The molecule has 7 nitrogen and oxygen atoms in total. The summed E-state index contributed by atoms with van der Waals surface area (Å²) in [6, 6.07) is 8.15. The van der Waals surface area contributed by atoms with Crippen LogP contribution in [0.5, 0.6) is 11.5 Å². The van der Waals surface area contributed by atoms with Crippen LogP contribution in [-0.4, -0.2) is 33.3 Å². The average Bonchev–Trinajstić information content (AvgIpc) is 3.33. The first-order valence-electron chi connectivity index (χ1n) is 8.93. The minimum Gasteiger partial charge on any atom is -0.454 e. The van der Waals surface area contributed by atoms with E-state index in [-0.39, 0.29) is 0 Å². The molecule has 5 rings (SSSR count). The van der Waals surface area contributed by atoms with Crippen LogP contribution in [0.2, 0.25) is 0 Å². The van der Waals surface area contributed by atoms with Gasteiger partial charge in [0.1, 0.15) is 16.3 Å². The van der Waals surface area contributed by atoms with Crippen molar-refractivity contribution in [1.29, 1.82) is 0 Å². The Morgan fingerprint density at radius 2 is 2.04 bits per heavy atom. The first kappa shape index (κ1) is 16.9. The molecule has 28 heavy (non-hydrogen) atoms. The molecule has 0 aliphatic carbocycles. The standard InChI is InChI=1S/C20H17N5O2S/c1-12-8-14-18(23-5-4-13-2-3-16-17(9-13)27-11-26-16)24-19(25-20(14)28-12)15-10-21-6-7-22-15/h2-3,6-10H,4-5,11H2,1H3,(H,23,24,25). The van der Waals surface area contributed by atoms with Crippen LogP contribution in [-0.2, 0) is 6.42 Å². The summed E-state index contributed by atoms with van der Waals surface area (Å²) >= 11 is 1.65. The molecule has 0 amide bonds. The maximum Gasteiger partial charge on any atom is 0.231 e. The van der Waals surface area contributed by atoms with Crippen LogP contribution in [0.1, 0.15) is 10.4 Å². The second-order valence-electron chi connectivity index (χ2n) is 6.43. The van der Waals surface area contributed by atoms with Gasteiger partial charge in [0.2, 0.25) is 6.79 Å². The van der Waals surface area contributed by atoms with Gasteiger partial charge in [-0.15, -0.1) is 11.3 Å². The molecule has 0 radical (unpaired) electrons. The Bertz CT molecular complexity index is 1150. The number of hydrogen-bond donors (Lipinski definition) is 1. The SMILES string of the molecule is Cc1cc2c(NCCc3ccc4c(c3)OCO4)nc(-c3cnccn3)nc2s1. The van der Waals surface area contributed by atoms with Crippen molar-refractivity contribution in [3.8, 4) is 23.0 Å². The second kappa shape index (κ2) is 7.05. The zero-order chi connectivity index (χ0) is 18.9. The van der Waals surface area contributed by atoms with Gasteiger partial charge in [-0.05, 0) is 37.1 Å². The van der Waals surface area contributed by atoms with Crippen LogP contribution >= 0.6 is 11.3 Å². The molecule has 1 aromatic carbocycles. The zero-order valence-corrected chi connectivity index (χ0v) is 16.0. The van der Waals surface area contributed by atoms with E-state index in [9.17, 15) is 0 Å². The molecular weight excluding hydrogens is 374 g/mol. The van der Waals surface area contributed by atoms with Crippen molar-refractivity contribution in [3.05, 3.63) is 53.3 Å². The molecule has 0 saturated heterocycles. The predicted octanol–water partition coefficient (Wildman–Crippen LogP) is 3.84. The van der Waals surface area contributed by atoms with E-state index in [1.165, 1.54) is 10.4 Å². The van der Waals surface area contributed by atoms with E-state index in [4.69, 9.17) is 14.5 Å². The quantitative estimate of drug-likeness (QED) is 0.553. The Morgan fingerprint density at radius 1 is 1.11 bits per heavy atom. The van der Waals surface area contributed by atoms with Crippen LogP contribution in [0, 0.1) is 6.92 Å². The Labute approximate surface area is 165 Å². The van der Waals surface area contributed by atoms with Gasteiger partial charge >= 0.3 is 0 Å². The van der Waals surface area contributed by atoms with Crippen LogP contribution in [0.15, 0.2) is 42.9 Å². The first-order valence-corrected chi connectivity index (χ1v) is 9.75. The molecule has 0 atom stereocenters. The molecular formula is C20H17N5O2S. The largest absolute Gasteiger partial charge is 0.454 e. The highest BCUT2D eigenvalue weighted by Gasteiger charge is 2.14. The number of aromatic nitrogens is 4. The number of anilines is 1. The van der Waals surface area contributed by atoms with Gasteiger partial charge in [0.25, 0.3) is 0 Å². The van der Waals surface area contributed by atoms with E-state index in [1.807, 2.05) is 12.1 Å². The number of nitrogens with one attached hydrogen (secondary N) is 1. The summed E-state index contributed by atoms with van der Waals surface area (Å²) in [4.78, 5) is 20.0. The van der Waals surface area contributed by atoms with Crippen molar-refractivity contribution >= 4 is 27.4 Å². The number of rotatable bonds is 5. The predicted molar refractivity (Wildman–Crippen MR) is 108 cm³/mol. The third-order valence-electron chi connectivity index (χ3n) is 4.45. The van der Waals surface area contributed by atoms with Crippen LogP contribution in [0.4, 0.5) is 5.82 Å². The average molecular weight is 391 g/mol. The lowest BCUT2D eigenvalue weighted by Crippen LogP contribution is -2.08. The van der Waals surface area contributed by atoms with Crippen molar-refractivity contribution in [1.82, 2.24) is 19.9 Å². The molecule has 0 fully saturated rings. The van der Waals surface area contributed by atoms with Gasteiger partial charge in [0.15, 0.2) is 17.3 Å². The Hall–Kier alpha value is -3.26. The van der Waals surface area contributed by atoms with Gasteiger partial charge < -0.3 is 14.8 Å². The van der Waals surface area contributed by atoms with E-state index in [2.05, 4.69) is 39.3 Å². The third kappa shape index (κ3) is 3.22. The van der Waals surface area contributed by atoms with Crippen molar-refractivity contribution in [3.63, 3.8) is 0 Å². The van der Waals surface area contributed by atoms with Crippen LogP contribution in [0.25, 0.3) is 21.7 Å². The minimum absolute atomic E-state index is 0.290. The van der Waals surface area contributed by atoms with Gasteiger partial charge in [-0.25, -0.2) is 15.0 Å². The summed E-state index contributed by atoms with van der Waals surface area (Å²) in [5, 5.41) is 4.49. The minimum atomic E-state index is 0.290. The number of fused-ring (bicyclic) bond motifs is 2. The molecule has 0 unspecified atom stereocenters. The lowest BCUT2D eigenvalue weighted by Gasteiger charge is -2.09. The van der Waals surface area contributed by atoms with Crippen molar-refractivity contribution in [2.75, 3.05) is 18.7 Å². The summed E-state index contributed by atoms with van der Waals surface area (Å²) in [5.41, 5.74) is 1.84. The molecule has 1 aliphatic rings. The number of aryl methyl sites for hydroxylation is 1. The summed E-state index contributed by atoms with van der Waals surface area (Å²) in [5.74, 6) is 3.00. The molecule has 8 heteroatoms. The highest BCUT2D eigenvalue weighted by Crippen LogP contribution is 2.33. The first-order chi connectivity index (χ1) is 13.8. The number of benzene rings is 1. The van der Waals surface area contributed by atoms with Crippen LogP contribution in [0.3, 0.4) is 0 Å². The van der Waals surface area contributed by atoms with Gasteiger partial charge in [0, 0.05) is 23.8 Å². The Morgan fingerprint density at radius 3 is 2.93 bits per heavy atom. The lowest BCUT2D eigenvalue weighted by molar-refractivity contribution is 0.174. The summed E-state index contributed by atoms with van der Waals surface area (Å²) < 4.78 is 10.8. The van der Waals surface area contributed by atoms with Crippen molar-refractivity contribution in [2.45, 2.75) is 13.3 Å². The molecule has 0 spiro atoms. The van der Waals surface area contributed by atoms with E-state index in [0.29, 0.717) is 18.3 Å². The van der Waals surface area contributed by atoms with Crippen molar-refractivity contribution < 1.29 is 9.47 Å². The number of hydrogen-bond acceptors (Lipinski definition) is 8. The van der Waals surface area contributed by atoms with Crippen LogP contribution < -0.4 is 14.8 Å². The summed E-state index contributed by atoms with van der Waals surface area (Å²) in [6.07, 6.45) is 5.81. The molecule has 1 N–H and O–H groups in total. The van der Waals surface area contributed by atoms with Gasteiger partial charge in [0.05, 0.1) is 11.6 Å². The third-order valence-corrected chi connectivity index (χ3v) is 5.40. The van der Waals surface area contributed by atoms with Crippen molar-refractivity contribution in [2.24, 2.45) is 0 Å². The summed E-state index contributed by atoms with van der Waals surface area (Å²) in [7, 11) is 0. The highest BCUT2D eigenvalue weighted by molar-refractivity contribution is 7.18. The van der Waals surface area contributed by atoms with E-state index in [1.54, 1.807) is 29.9 Å². The molecule has 0 saturated carbocycles. The fraction of sp³-hybridized carbons (Fsp3) is 0.200. The Kier molecular flexibility index (Phi) is 4.25. The van der Waals surface area contributed by atoms with E-state index < -0.39 is 0 Å². The maximum absolute atomic E-state index is 5.45. The molecule has 0 bridgehead atoms. The van der Waals surface area contributed by atoms with Gasteiger partial charge in [-0.2, -0.15) is 0 Å². The monoisotopic (exact) mass is 391 g/mol. The van der Waals surface area contributed by atoms with Gasteiger partial charge in [-0.1, -0.05) is 6.07 Å². The van der Waals surface area contributed by atoms with Gasteiger partial charge in [-0.3, -0.25) is 4.98 Å². The summed E-state index contributed by atoms with van der Waals surface area (Å²) in [6.45, 7) is 3.10. The highest BCUT2D eigenvalue weighted by atomic mass is 32.1. The Balaban J connectivity index is 1.40. The van der Waals surface area contributed by atoms with E-state index in [0.717, 1.165) is 40.5 Å². The molecule has 140 valence electrons. The van der Waals surface area contributed by atoms with E-state index >= 15 is 0 Å². The maximum atomic E-state index is 5.45. The molecule has 3 aromatic heterocycles. The lowest BCUT2D eigenvalue weighted by atomic mass is 10.1. The normalized spacial score (nSPS) is 12.5.